The zero-order valence-corrected chi connectivity index (χ0v) is 13.8. The smallest absolute Gasteiger partial charge is 0.306 e. The molecule has 0 bridgehead atoms. The van der Waals surface area contributed by atoms with Gasteiger partial charge in [0.05, 0.1) is 12.8 Å². The monoisotopic (exact) mass is 340 g/mol. The molecule has 0 saturated heterocycles. The van der Waals surface area contributed by atoms with E-state index in [0.29, 0.717) is 12.2 Å². The molecule has 6 heteroatoms. The van der Waals surface area contributed by atoms with Gasteiger partial charge in [0, 0.05) is 23.5 Å². The van der Waals surface area contributed by atoms with Crippen molar-refractivity contribution in [1.29, 1.82) is 0 Å². The molecule has 0 aliphatic heterocycles. The lowest BCUT2D eigenvalue weighted by Gasteiger charge is -2.05. The minimum absolute atomic E-state index is 0.271. The minimum Gasteiger partial charge on any atom is -0.467 e. The Kier molecular flexibility index (Phi) is 5.51. The third-order valence-electron chi connectivity index (χ3n) is 3.91. The molecule has 0 aliphatic rings. The van der Waals surface area contributed by atoms with Crippen molar-refractivity contribution >= 4 is 22.8 Å². The molecule has 3 rings (SSSR count). The van der Waals surface area contributed by atoms with Crippen molar-refractivity contribution in [3.8, 4) is 0 Å². The highest BCUT2D eigenvalue weighted by molar-refractivity contribution is 5.83. The quantitative estimate of drug-likeness (QED) is 0.618. The standard InChI is InChI=1S/C19H20N2O4/c22-18(21-12-15-6-4-10-24-15)13-25-19(23)9-3-5-14-11-20-17-8-2-1-7-16(14)17/h1-2,4,6-8,10-11,20H,3,5,9,12-13H2,(H,21,22). The molecule has 0 fully saturated rings. The zero-order chi connectivity index (χ0) is 17.5. The number of ether oxygens (including phenoxy) is 1. The molecular formula is C19H20N2O4. The summed E-state index contributed by atoms with van der Waals surface area (Å²) in [4.78, 5) is 26.6. The predicted octanol–water partition coefficient (Wildman–Crippen LogP) is 2.94. The molecular weight excluding hydrogens is 320 g/mol. The Morgan fingerprint density at radius 3 is 2.88 bits per heavy atom. The first-order valence-electron chi connectivity index (χ1n) is 8.22. The maximum atomic E-state index is 11.7. The van der Waals surface area contributed by atoms with Crippen LogP contribution in [-0.4, -0.2) is 23.5 Å². The molecule has 130 valence electrons. The van der Waals surface area contributed by atoms with E-state index >= 15 is 0 Å². The van der Waals surface area contributed by atoms with Crippen LogP contribution < -0.4 is 5.32 Å². The number of esters is 1. The topological polar surface area (TPSA) is 84.3 Å². The highest BCUT2D eigenvalue weighted by Crippen LogP contribution is 2.19. The number of benzene rings is 1. The van der Waals surface area contributed by atoms with Crippen LogP contribution in [-0.2, 0) is 27.3 Å². The summed E-state index contributed by atoms with van der Waals surface area (Å²) in [6.45, 7) is 0.0105. The van der Waals surface area contributed by atoms with Crippen LogP contribution in [0.25, 0.3) is 10.9 Å². The molecule has 1 aromatic carbocycles. The SMILES string of the molecule is O=C(COC(=O)CCCc1c[nH]c2ccccc12)NCc1ccco1. The highest BCUT2D eigenvalue weighted by atomic mass is 16.5. The number of aromatic nitrogens is 1. The molecule has 2 heterocycles. The Balaban J connectivity index is 1.34. The summed E-state index contributed by atoms with van der Waals surface area (Å²) < 4.78 is 10.1. The van der Waals surface area contributed by atoms with Crippen LogP contribution in [0.3, 0.4) is 0 Å². The zero-order valence-electron chi connectivity index (χ0n) is 13.8. The third kappa shape index (κ3) is 4.73. The second-order valence-corrected chi connectivity index (χ2v) is 5.73. The molecule has 0 saturated carbocycles. The number of carbonyl (C=O) groups is 2. The van der Waals surface area contributed by atoms with Gasteiger partial charge in [-0.3, -0.25) is 9.59 Å². The van der Waals surface area contributed by atoms with Gasteiger partial charge in [-0.25, -0.2) is 0 Å². The van der Waals surface area contributed by atoms with Gasteiger partial charge in [0.1, 0.15) is 5.76 Å². The summed E-state index contributed by atoms with van der Waals surface area (Å²) in [6.07, 6.45) is 5.25. The van der Waals surface area contributed by atoms with Crippen molar-refractivity contribution in [2.75, 3.05) is 6.61 Å². The molecule has 3 aromatic rings. The number of H-pyrrole nitrogens is 1. The number of amides is 1. The van der Waals surface area contributed by atoms with Gasteiger partial charge in [-0.1, -0.05) is 18.2 Å². The number of rotatable bonds is 8. The molecule has 0 spiro atoms. The maximum absolute atomic E-state index is 11.7. The molecule has 25 heavy (non-hydrogen) atoms. The second-order valence-electron chi connectivity index (χ2n) is 5.73. The first-order chi connectivity index (χ1) is 12.2. The summed E-state index contributed by atoms with van der Waals surface area (Å²) >= 11 is 0. The average molecular weight is 340 g/mol. The number of furan rings is 1. The normalized spacial score (nSPS) is 10.7. The number of nitrogens with one attached hydrogen (secondary N) is 2. The molecule has 2 aromatic heterocycles. The number of fused-ring (bicyclic) bond motifs is 1. The molecule has 2 N–H and O–H groups in total. The number of aromatic amines is 1. The van der Waals surface area contributed by atoms with Gasteiger partial charge < -0.3 is 19.5 Å². The lowest BCUT2D eigenvalue weighted by molar-refractivity contribution is -0.148. The van der Waals surface area contributed by atoms with Crippen molar-refractivity contribution in [3.05, 3.63) is 60.2 Å². The average Bonchev–Trinajstić information content (AvgIpc) is 3.28. The molecule has 0 unspecified atom stereocenters. The van der Waals surface area contributed by atoms with E-state index in [0.717, 1.165) is 11.9 Å². The van der Waals surface area contributed by atoms with Gasteiger partial charge in [-0.2, -0.15) is 0 Å². The Morgan fingerprint density at radius 2 is 2.04 bits per heavy atom. The first-order valence-corrected chi connectivity index (χ1v) is 8.22. The van der Waals surface area contributed by atoms with Crippen LogP contribution in [0, 0.1) is 0 Å². The molecule has 6 nitrogen and oxygen atoms in total. The van der Waals surface area contributed by atoms with Crippen molar-refractivity contribution in [2.24, 2.45) is 0 Å². The molecule has 0 radical (unpaired) electrons. The van der Waals surface area contributed by atoms with Crippen LogP contribution >= 0.6 is 0 Å². The van der Waals surface area contributed by atoms with Crippen molar-refractivity contribution in [3.63, 3.8) is 0 Å². The van der Waals surface area contributed by atoms with E-state index in [4.69, 9.17) is 9.15 Å². The van der Waals surface area contributed by atoms with Gasteiger partial charge in [-0.05, 0) is 36.6 Å². The van der Waals surface area contributed by atoms with E-state index in [1.807, 2.05) is 24.4 Å². The third-order valence-corrected chi connectivity index (χ3v) is 3.91. The number of hydrogen-bond donors (Lipinski definition) is 2. The van der Waals surface area contributed by atoms with Crippen LogP contribution in [0.4, 0.5) is 0 Å². The van der Waals surface area contributed by atoms with Crippen LogP contribution in [0.2, 0.25) is 0 Å². The summed E-state index contributed by atoms with van der Waals surface area (Å²) in [7, 11) is 0. The summed E-state index contributed by atoms with van der Waals surface area (Å²) in [5.41, 5.74) is 2.27. The molecule has 0 aliphatic carbocycles. The van der Waals surface area contributed by atoms with E-state index in [1.54, 1.807) is 12.1 Å². The minimum atomic E-state index is -0.368. The Labute approximate surface area is 145 Å². The van der Waals surface area contributed by atoms with E-state index in [1.165, 1.54) is 17.2 Å². The maximum Gasteiger partial charge on any atom is 0.306 e. The number of aryl methyl sites for hydroxylation is 1. The van der Waals surface area contributed by atoms with Crippen molar-refractivity contribution < 1.29 is 18.7 Å². The summed E-state index contributed by atoms with van der Waals surface area (Å²) in [5, 5.41) is 3.80. The molecule has 1 amide bonds. The largest absolute Gasteiger partial charge is 0.467 e. The number of carbonyl (C=O) groups excluding carboxylic acids is 2. The van der Waals surface area contributed by atoms with E-state index in [9.17, 15) is 9.59 Å². The van der Waals surface area contributed by atoms with Crippen LogP contribution in [0.5, 0.6) is 0 Å². The van der Waals surface area contributed by atoms with Crippen molar-refractivity contribution in [1.82, 2.24) is 10.3 Å². The Hall–Kier alpha value is -3.02. The second kappa shape index (κ2) is 8.19. The fraction of sp³-hybridized carbons (Fsp3) is 0.263. The van der Waals surface area contributed by atoms with Gasteiger partial charge in [0.2, 0.25) is 0 Å². The van der Waals surface area contributed by atoms with Gasteiger partial charge >= 0.3 is 5.97 Å². The number of hydrogen-bond acceptors (Lipinski definition) is 4. The lowest BCUT2D eigenvalue weighted by Crippen LogP contribution is -2.28. The van der Waals surface area contributed by atoms with Gasteiger partial charge in [0.15, 0.2) is 6.61 Å². The van der Waals surface area contributed by atoms with Gasteiger partial charge in [-0.15, -0.1) is 0 Å². The van der Waals surface area contributed by atoms with E-state index in [2.05, 4.69) is 16.4 Å². The Bertz CT molecular complexity index is 836. The van der Waals surface area contributed by atoms with Crippen LogP contribution in [0.15, 0.2) is 53.3 Å². The summed E-state index contributed by atoms with van der Waals surface area (Å²) in [5.74, 6) is -0.0622. The van der Waals surface area contributed by atoms with E-state index < -0.39 is 0 Å². The Morgan fingerprint density at radius 1 is 1.16 bits per heavy atom. The fourth-order valence-electron chi connectivity index (χ4n) is 2.63. The lowest BCUT2D eigenvalue weighted by atomic mass is 10.1. The van der Waals surface area contributed by atoms with Crippen molar-refractivity contribution in [2.45, 2.75) is 25.8 Å². The van der Waals surface area contributed by atoms with Crippen LogP contribution in [0.1, 0.15) is 24.2 Å². The highest BCUT2D eigenvalue weighted by Gasteiger charge is 2.09. The predicted molar refractivity (Wildman–Crippen MR) is 92.8 cm³/mol. The molecule has 0 atom stereocenters. The van der Waals surface area contributed by atoms with E-state index in [-0.39, 0.29) is 31.4 Å². The fourth-order valence-corrected chi connectivity index (χ4v) is 2.63. The van der Waals surface area contributed by atoms with Gasteiger partial charge in [0.25, 0.3) is 5.91 Å². The first kappa shape index (κ1) is 16.8. The summed E-state index contributed by atoms with van der Waals surface area (Å²) in [6, 6.07) is 11.6. The number of para-hydroxylation sites is 1.